The number of amides is 1. The topological polar surface area (TPSA) is 54.9 Å². The minimum Gasteiger partial charge on any atom is -0.379 e. The zero-order chi connectivity index (χ0) is 15.9. The molecule has 0 unspecified atom stereocenters. The second kappa shape index (κ2) is 8.38. The summed E-state index contributed by atoms with van der Waals surface area (Å²) in [6, 6.07) is 3.94. The van der Waals surface area contributed by atoms with E-state index in [9.17, 15) is 4.79 Å². The molecule has 3 heterocycles. The number of likely N-dealkylation sites (tertiary alicyclic amines) is 1. The number of piperidine rings is 1. The maximum atomic E-state index is 12.3. The van der Waals surface area contributed by atoms with Gasteiger partial charge in [-0.05, 0) is 24.5 Å². The zero-order valence-corrected chi connectivity index (χ0v) is 13.5. The Morgan fingerprint density at radius 1 is 1.26 bits per heavy atom. The fourth-order valence-electron chi connectivity index (χ4n) is 3.02. The average molecular weight is 319 g/mol. The molecular formula is C17H25N3O3. The molecule has 0 N–H and O–H groups in total. The number of hydrogen-bond acceptors (Lipinski definition) is 5. The van der Waals surface area contributed by atoms with Gasteiger partial charge in [-0.2, -0.15) is 0 Å². The molecule has 6 nitrogen and oxygen atoms in total. The van der Waals surface area contributed by atoms with E-state index in [0.29, 0.717) is 13.2 Å². The monoisotopic (exact) mass is 319 g/mol. The Hall–Kier alpha value is -1.50. The first-order valence-electron chi connectivity index (χ1n) is 8.39. The van der Waals surface area contributed by atoms with Crippen LogP contribution in [0.1, 0.15) is 18.4 Å². The van der Waals surface area contributed by atoms with Crippen LogP contribution in [0.2, 0.25) is 0 Å². The van der Waals surface area contributed by atoms with Gasteiger partial charge in [0, 0.05) is 38.6 Å². The summed E-state index contributed by atoms with van der Waals surface area (Å²) >= 11 is 0. The van der Waals surface area contributed by atoms with Gasteiger partial charge in [-0.3, -0.25) is 14.7 Å². The SMILES string of the molecule is O=C(CN1CCOCC1)N1CCC(OCc2cccnc2)CC1. The molecule has 0 atom stereocenters. The number of rotatable bonds is 5. The molecule has 2 aliphatic heterocycles. The van der Waals surface area contributed by atoms with E-state index in [0.717, 1.165) is 57.8 Å². The van der Waals surface area contributed by atoms with Crippen molar-refractivity contribution in [3.8, 4) is 0 Å². The van der Waals surface area contributed by atoms with Crippen molar-refractivity contribution in [3.05, 3.63) is 30.1 Å². The number of hydrogen-bond donors (Lipinski definition) is 0. The van der Waals surface area contributed by atoms with E-state index >= 15 is 0 Å². The predicted molar refractivity (Wildman–Crippen MR) is 85.9 cm³/mol. The first-order chi connectivity index (χ1) is 11.3. The normalized spacial score (nSPS) is 20.6. The lowest BCUT2D eigenvalue weighted by Gasteiger charge is -2.34. The molecule has 3 rings (SSSR count). The molecular weight excluding hydrogens is 294 g/mol. The molecule has 0 bridgehead atoms. The van der Waals surface area contributed by atoms with E-state index < -0.39 is 0 Å². The van der Waals surface area contributed by atoms with Crippen LogP contribution in [-0.2, 0) is 20.9 Å². The van der Waals surface area contributed by atoms with Gasteiger partial charge in [-0.15, -0.1) is 0 Å². The van der Waals surface area contributed by atoms with Crippen LogP contribution in [0.15, 0.2) is 24.5 Å². The van der Waals surface area contributed by atoms with Crippen LogP contribution >= 0.6 is 0 Å². The Morgan fingerprint density at radius 3 is 2.74 bits per heavy atom. The van der Waals surface area contributed by atoms with Crippen molar-refractivity contribution in [2.45, 2.75) is 25.6 Å². The van der Waals surface area contributed by atoms with Crippen LogP contribution in [0, 0.1) is 0 Å². The first kappa shape index (κ1) is 16.4. The third-order valence-corrected chi connectivity index (χ3v) is 4.47. The Bertz CT molecular complexity index is 483. The molecule has 1 aromatic rings. The van der Waals surface area contributed by atoms with E-state index in [1.54, 1.807) is 6.20 Å². The summed E-state index contributed by atoms with van der Waals surface area (Å²) in [5, 5.41) is 0. The molecule has 23 heavy (non-hydrogen) atoms. The smallest absolute Gasteiger partial charge is 0.236 e. The van der Waals surface area contributed by atoms with Crippen LogP contribution in [0.3, 0.4) is 0 Å². The zero-order valence-electron chi connectivity index (χ0n) is 13.5. The largest absolute Gasteiger partial charge is 0.379 e. The summed E-state index contributed by atoms with van der Waals surface area (Å²) in [5.41, 5.74) is 1.10. The van der Waals surface area contributed by atoms with E-state index in [4.69, 9.17) is 9.47 Å². The van der Waals surface area contributed by atoms with Crippen LogP contribution < -0.4 is 0 Å². The maximum Gasteiger partial charge on any atom is 0.236 e. The molecule has 0 radical (unpaired) electrons. The maximum absolute atomic E-state index is 12.3. The minimum atomic E-state index is 0.234. The summed E-state index contributed by atoms with van der Waals surface area (Å²) in [6.07, 6.45) is 5.66. The highest BCUT2D eigenvalue weighted by molar-refractivity contribution is 5.78. The van der Waals surface area contributed by atoms with Crippen molar-refractivity contribution in [2.24, 2.45) is 0 Å². The number of pyridine rings is 1. The van der Waals surface area contributed by atoms with Gasteiger partial charge >= 0.3 is 0 Å². The van der Waals surface area contributed by atoms with Gasteiger partial charge in [0.05, 0.1) is 32.5 Å². The van der Waals surface area contributed by atoms with Crippen LogP contribution in [0.25, 0.3) is 0 Å². The summed E-state index contributed by atoms with van der Waals surface area (Å²) in [5.74, 6) is 0.234. The summed E-state index contributed by atoms with van der Waals surface area (Å²) in [7, 11) is 0. The lowest BCUT2D eigenvalue weighted by Crippen LogP contribution is -2.47. The third-order valence-electron chi connectivity index (χ3n) is 4.47. The quantitative estimate of drug-likeness (QED) is 0.808. The van der Waals surface area contributed by atoms with Gasteiger partial charge in [0.1, 0.15) is 0 Å². The van der Waals surface area contributed by atoms with Crippen LogP contribution in [0.5, 0.6) is 0 Å². The number of carbonyl (C=O) groups is 1. The van der Waals surface area contributed by atoms with Crippen molar-refractivity contribution in [2.75, 3.05) is 45.9 Å². The van der Waals surface area contributed by atoms with Crippen LogP contribution in [-0.4, -0.2) is 72.7 Å². The van der Waals surface area contributed by atoms with E-state index in [-0.39, 0.29) is 12.0 Å². The predicted octanol–water partition coefficient (Wildman–Crippen LogP) is 0.921. The Balaban J connectivity index is 1.37. The molecule has 2 fully saturated rings. The van der Waals surface area contributed by atoms with Gasteiger partial charge in [-0.25, -0.2) is 0 Å². The molecule has 0 aromatic carbocycles. The van der Waals surface area contributed by atoms with Crippen molar-refractivity contribution in [1.29, 1.82) is 0 Å². The van der Waals surface area contributed by atoms with Crippen molar-refractivity contribution in [3.63, 3.8) is 0 Å². The number of ether oxygens (including phenoxy) is 2. The highest BCUT2D eigenvalue weighted by atomic mass is 16.5. The van der Waals surface area contributed by atoms with E-state index in [2.05, 4.69) is 9.88 Å². The van der Waals surface area contributed by atoms with Crippen LogP contribution in [0.4, 0.5) is 0 Å². The molecule has 2 aliphatic rings. The average Bonchev–Trinajstić information content (AvgIpc) is 2.62. The summed E-state index contributed by atoms with van der Waals surface area (Å²) in [4.78, 5) is 20.6. The lowest BCUT2D eigenvalue weighted by molar-refractivity contribution is -0.136. The van der Waals surface area contributed by atoms with Gasteiger partial charge < -0.3 is 14.4 Å². The van der Waals surface area contributed by atoms with Crippen molar-refractivity contribution >= 4 is 5.91 Å². The fraction of sp³-hybridized carbons (Fsp3) is 0.647. The molecule has 1 aromatic heterocycles. The first-order valence-corrected chi connectivity index (χ1v) is 8.39. The molecule has 126 valence electrons. The Morgan fingerprint density at radius 2 is 2.04 bits per heavy atom. The molecule has 2 saturated heterocycles. The lowest BCUT2D eigenvalue weighted by atomic mass is 10.1. The second-order valence-corrected chi connectivity index (χ2v) is 6.14. The number of aromatic nitrogens is 1. The highest BCUT2D eigenvalue weighted by Gasteiger charge is 2.25. The van der Waals surface area contributed by atoms with Gasteiger partial charge in [0.2, 0.25) is 5.91 Å². The Labute approximate surface area is 137 Å². The molecule has 0 saturated carbocycles. The minimum absolute atomic E-state index is 0.234. The number of morpholine rings is 1. The standard InChI is InChI=1S/C17H25N3O3/c21-17(13-19-8-10-22-11-9-19)20-6-3-16(4-7-20)23-14-15-2-1-5-18-12-15/h1-2,5,12,16H,3-4,6-11,13-14H2. The molecule has 0 spiro atoms. The third kappa shape index (κ3) is 4.99. The van der Waals surface area contributed by atoms with Crippen molar-refractivity contribution < 1.29 is 14.3 Å². The van der Waals surface area contributed by atoms with Gasteiger partial charge in [-0.1, -0.05) is 6.07 Å². The number of carbonyl (C=O) groups excluding carboxylic acids is 1. The van der Waals surface area contributed by atoms with Crippen molar-refractivity contribution in [1.82, 2.24) is 14.8 Å². The Kier molecular flexibility index (Phi) is 5.96. The fourth-order valence-corrected chi connectivity index (χ4v) is 3.02. The van der Waals surface area contributed by atoms with E-state index in [1.165, 1.54) is 0 Å². The number of nitrogens with zero attached hydrogens (tertiary/aromatic N) is 3. The van der Waals surface area contributed by atoms with Gasteiger partial charge in [0.25, 0.3) is 0 Å². The molecule has 6 heteroatoms. The molecule has 0 aliphatic carbocycles. The summed E-state index contributed by atoms with van der Waals surface area (Å²) < 4.78 is 11.3. The molecule has 1 amide bonds. The van der Waals surface area contributed by atoms with E-state index in [1.807, 2.05) is 23.2 Å². The van der Waals surface area contributed by atoms with Gasteiger partial charge in [0.15, 0.2) is 0 Å². The summed E-state index contributed by atoms with van der Waals surface area (Å²) in [6.45, 7) is 5.88. The highest BCUT2D eigenvalue weighted by Crippen LogP contribution is 2.16. The second-order valence-electron chi connectivity index (χ2n) is 6.14.